The van der Waals surface area contributed by atoms with Gasteiger partial charge in [0.05, 0.1) is 18.4 Å². The average Bonchev–Trinajstić information content (AvgIpc) is 3.05. The molecule has 5 heteroatoms. The van der Waals surface area contributed by atoms with E-state index in [-0.39, 0.29) is 51.0 Å². The molecule has 2 aromatic carbocycles. The number of carboxylic acids is 1. The van der Waals surface area contributed by atoms with Crippen molar-refractivity contribution in [3.63, 3.8) is 0 Å². The van der Waals surface area contributed by atoms with Crippen LogP contribution in [0.1, 0.15) is 131 Å². The molecule has 4 fully saturated rings. The molecule has 5 aliphatic carbocycles. The lowest BCUT2D eigenvalue weighted by Crippen LogP contribution is -2.65. The first-order valence-electron chi connectivity index (χ1n) is 19.1. The Kier molecular flexibility index (Phi) is 8.01. The molecular formula is C44H60O5. The van der Waals surface area contributed by atoms with Crippen molar-refractivity contribution >= 4 is 22.7 Å². The number of esters is 1. The minimum Gasteiger partial charge on any atom is -0.497 e. The van der Waals surface area contributed by atoms with Crippen LogP contribution in [-0.4, -0.2) is 30.3 Å². The Hall–Kier alpha value is -2.82. The van der Waals surface area contributed by atoms with Gasteiger partial charge in [-0.25, -0.2) is 0 Å². The molecule has 5 aliphatic rings. The lowest BCUT2D eigenvalue weighted by Gasteiger charge is -2.71. The third kappa shape index (κ3) is 4.97. The second-order valence-electron chi connectivity index (χ2n) is 19.2. The van der Waals surface area contributed by atoms with E-state index in [2.05, 4.69) is 66.7 Å². The van der Waals surface area contributed by atoms with Gasteiger partial charge in [-0.15, -0.1) is 0 Å². The standard InChI is InChI=1S/C44H60O5/c1-27(28-10-11-30-25-31(48-9)13-12-29(30)24-28)37(45)49-36-17-18-41(6)34(40(36,4)5)16-19-43(8)35(41)15-14-32-33-26-39(2,3)20-22-44(33,38(46)47)23-21-42(32,43)7/h10-14,24-25,27,33-36H,15-23,26H2,1-9H3,(H,46,47)/t27?,33-,34-,35+,36-,41-,42+,43+,44-/m0/s1. The van der Waals surface area contributed by atoms with Crippen LogP contribution in [0, 0.1) is 50.2 Å². The number of carbonyl (C=O) groups is 2. The number of benzene rings is 2. The molecule has 0 aromatic heterocycles. The van der Waals surface area contributed by atoms with E-state index in [1.807, 2.05) is 31.2 Å². The number of allylic oxidation sites excluding steroid dienone is 2. The summed E-state index contributed by atoms with van der Waals surface area (Å²) in [6.07, 6.45) is 12.2. The van der Waals surface area contributed by atoms with Gasteiger partial charge in [0.2, 0.25) is 0 Å². The van der Waals surface area contributed by atoms with Crippen LogP contribution in [0.5, 0.6) is 5.75 Å². The first-order chi connectivity index (χ1) is 22.9. The Morgan fingerprint density at radius 3 is 2.24 bits per heavy atom. The first-order valence-corrected chi connectivity index (χ1v) is 19.1. The zero-order valence-electron chi connectivity index (χ0n) is 31.6. The molecule has 0 aliphatic heterocycles. The van der Waals surface area contributed by atoms with E-state index in [4.69, 9.17) is 9.47 Å². The minimum absolute atomic E-state index is 0.00874. The molecule has 1 unspecified atom stereocenters. The predicted molar refractivity (Wildman–Crippen MR) is 195 cm³/mol. The molecule has 0 amide bonds. The summed E-state index contributed by atoms with van der Waals surface area (Å²) in [7, 11) is 1.68. The van der Waals surface area contributed by atoms with Crippen LogP contribution in [0.2, 0.25) is 0 Å². The summed E-state index contributed by atoms with van der Waals surface area (Å²) in [6, 6.07) is 12.3. The molecule has 266 valence electrons. The molecule has 4 saturated carbocycles. The maximum Gasteiger partial charge on any atom is 0.313 e. The Morgan fingerprint density at radius 1 is 0.837 bits per heavy atom. The fourth-order valence-corrected chi connectivity index (χ4v) is 12.8. The number of fused-ring (bicyclic) bond motifs is 8. The summed E-state index contributed by atoms with van der Waals surface area (Å²) < 4.78 is 11.9. The normalized spacial score (nSPS) is 39.7. The molecule has 0 radical (unpaired) electrons. The fourth-order valence-electron chi connectivity index (χ4n) is 12.8. The van der Waals surface area contributed by atoms with Crippen molar-refractivity contribution in [3.05, 3.63) is 53.6 Å². The van der Waals surface area contributed by atoms with Gasteiger partial charge in [0.1, 0.15) is 11.9 Å². The van der Waals surface area contributed by atoms with Crippen molar-refractivity contribution in [3.8, 4) is 5.75 Å². The van der Waals surface area contributed by atoms with Crippen molar-refractivity contribution < 1.29 is 24.2 Å². The van der Waals surface area contributed by atoms with Gasteiger partial charge < -0.3 is 14.6 Å². The van der Waals surface area contributed by atoms with Crippen LogP contribution in [0.15, 0.2) is 48.0 Å². The Bertz CT molecular complexity index is 1700. The van der Waals surface area contributed by atoms with Crippen molar-refractivity contribution in [2.45, 2.75) is 132 Å². The smallest absolute Gasteiger partial charge is 0.313 e. The summed E-state index contributed by atoms with van der Waals surface area (Å²) in [5, 5.41) is 12.9. The topological polar surface area (TPSA) is 72.8 Å². The molecule has 2 aromatic rings. The molecule has 0 bridgehead atoms. The van der Waals surface area contributed by atoms with E-state index in [0.717, 1.165) is 86.3 Å². The minimum atomic E-state index is -0.605. The zero-order valence-corrected chi connectivity index (χ0v) is 31.6. The lowest BCUT2D eigenvalue weighted by atomic mass is 9.33. The van der Waals surface area contributed by atoms with Gasteiger partial charge >= 0.3 is 11.9 Å². The highest BCUT2D eigenvalue weighted by atomic mass is 16.5. The number of carbonyl (C=O) groups excluding carboxylic acids is 1. The zero-order chi connectivity index (χ0) is 35.4. The molecule has 1 N–H and O–H groups in total. The molecular weight excluding hydrogens is 608 g/mol. The number of rotatable bonds is 5. The van der Waals surface area contributed by atoms with E-state index in [1.54, 1.807) is 7.11 Å². The van der Waals surface area contributed by atoms with Crippen molar-refractivity contribution in [1.29, 1.82) is 0 Å². The van der Waals surface area contributed by atoms with E-state index < -0.39 is 11.4 Å². The quantitative estimate of drug-likeness (QED) is 0.254. The van der Waals surface area contributed by atoms with E-state index >= 15 is 0 Å². The lowest BCUT2D eigenvalue weighted by molar-refractivity contribution is -0.214. The van der Waals surface area contributed by atoms with Gasteiger partial charge in [-0.2, -0.15) is 0 Å². The van der Waals surface area contributed by atoms with Gasteiger partial charge in [0, 0.05) is 5.41 Å². The van der Waals surface area contributed by atoms with Crippen LogP contribution in [0.25, 0.3) is 10.8 Å². The second-order valence-corrected chi connectivity index (χ2v) is 19.2. The third-order valence-electron chi connectivity index (χ3n) is 16.2. The van der Waals surface area contributed by atoms with E-state index in [0.29, 0.717) is 11.8 Å². The SMILES string of the molecule is COc1ccc2cc(C(C)C(=O)O[C@H]3CC[C@]4(C)[C@H]5CC=C6[C@@H]7CC(C)(C)CC[C@]7(C(=O)O)CC[C@@]6(C)[C@]5(C)CC[C@H]4C3(C)C)ccc2c1. The molecule has 0 saturated heterocycles. The molecule has 49 heavy (non-hydrogen) atoms. The monoisotopic (exact) mass is 668 g/mol. The highest BCUT2D eigenvalue weighted by molar-refractivity contribution is 5.87. The summed E-state index contributed by atoms with van der Waals surface area (Å²) in [4.78, 5) is 26.8. The van der Waals surface area contributed by atoms with E-state index in [1.165, 1.54) is 5.57 Å². The largest absolute Gasteiger partial charge is 0.497 e. The summed E-state index contributed by atoms with van der Waals surface area (Å²) in [6.45, 7) is 19.0. The van der Waals surface area contributed by atoms with Crippen LogP contribution in [0.3, 0.4) is 0 Å². The first kappa shape index (κ1) is 34.6. The summed E-state index contributed by atoms with van der Waals surface area (Å²) in [5.74, 6) is 0.887. The van der Waals surface area contributed by atoms with E-state index in [9.17, 15) is 14.7 Å². The Balaban J connectivity index is 1.13. The number of aliphatic carboxylic acids is 1. The maximum absolute atomic E-state index is 13.8. The van der Waals surface area contributed by atoms with Gasteiger partial charge in [-0.05, 0) is 139 Å². The third-order valence-corrected chi connectivity index (χ3v) is 16.2. The molecule has 7 rings (SSSR count). The highest BCUT2D eigenvalue weighted by Gasteiger charge is 2.69. The van der Waals surface area contributed by atoms with Crippen LogP contribution >= 0.6 is 0 Å². The summed E-state index contributed by atoms with van der Waals surface area (Å²) in [5.41, 5.74) is 2.13. The van der Waals surface area contributed by atoms with Gasteiger partial charge in [-0.3, -0.25) is 9.59 Å². The van der Waals surface area contributed by atoms with Gasteiger partial charge in [0.15, 0.2) is 0 Å². The number of hydrogen-bond acceptors (Lipinski definition) is 4. The Morgan fingerprint density at radius 2 is 1.53 bits per heavy atom. The number of ether oxygens (including phenoxy) is 2. The number of carboxylic acid groups (broad SMARTS) is 1. The highest BCUT2D eigenvalue weighted by Crippen LogP contribution is 2.76. The van der Waals surface area contributed by atoms with Crippen LogP contribution < -0.4 is 4.74 Å². The van der Waals surface area contributed by atoms with Crippen LogP contribution in [0.4, 0.5) is 0 Å². The molecule has 0 spiro atoms. The second kappa shape index (κ2) is 11.3. The summed E-state index contributed by atoms with van der Waals surface area (Å²) >= 11 is 0. The molecule has 5 nitrogen and oxygen atoms in total. The fraction of sp³-hybridized carbons (Fsp3) is 0.682. The number of hydrogen-bond donors (Lipinski definition) is 1. The van der Waals surface area contributed by atoms with Gasteiger partial charge in [0.25, 0.3) is 0 Å². The predicted octanol–water partition coefficient (Wildman–Crippen LogP) is 10.7. The maximum atomic E-state index is 13.8. The van der Waals surface area contributed by atoms with Crippen LogP contribution in [-0.2, 0) is 14.3 Å². The van der Waals surface area contributed by atoms with Crippen molar-refractivity contribution in [1.82, 2.24) is 0 Å². The molecule has 9 atom stereocenters. The average molecular weight is 669 g/mol. The Labute approximate surface area is 294 Å². The molecule has 0 heterocycles. The van der Waals surface area contributed by atoms with Crippen molar-refractivity contribution in [2.75, 3.05) is 7.11 Å². The number of methoxy groups -OCH3 is 1. The van der Waals surface area contributed by atoms with Gasteiger partial charge in [-0.1, -0.05) is 84.4 Å². The van der Waals surface area contributed by atoms with Crippen molar-refractivity contribution in [2.24, 2.45) is 50.2 Å².